The van der Waals surface area contributed by atoms with Crippen molar-refractivity contribution in [2.75, 3.05) is 13.1 Å². The molecule has 2 heterocycles. The van der Waals surface area contributed by atoms with Crippen LogP contribution in [0.5, 0.6) is 0 Å². The van der Waals surface area contributed by atoms with Crippen LogP contribution in [0.15, 0.2) is 6.33 Å². The normalized spacial score (nSPS) is 18.4. The fourth-order valence-corrected chi connectivity index (χ4v) is 2.26. The van der Waals surface area contributed by atoms with E-state index in [-0.39, 0.29) is 0 Å². The van der Waals surface area contributed by atoms with Crippen LogP contribution in [-0.2, 0) is 18.4 Å². The van der Waals surface area contributed by atoms with Gasteiger partial charge < -0.3 is 5.11 Å². The van der Waals surface area contributed by atoms with Gasteiger partial charge in [0.15, 0.2) is 0 Å². The van der Waals surface area contributed by atoms with E-state index in [2.05, 4.69) is 15.0 Å². The van der Waals surface area contributed by atoms with Gasteiger partial charge in [-0.2, -0.15) is 5.10 Å². The average Bonchev–Trinajstić information content (AvgIpc) is 2.67. The minimum absolute atomic E-state index is 0.303. The monoisotopic (exact) mass is 238 g/mol. The minimum atomic E-state index is -0.684. The number of carboxylic acid groups (broad SMARTS) is 1. The first-order chi connectivity index (χ1) is 8.15. The minimum Gasteiger partial charge on any atom is -0.481 e. The molecule has 1 aromatic rings. The molecule has 1 aliphatic rings. The van der Waals surface area contributed by atoms with E-state index in [1.54, 1.807) is 11.0 Å². The van der Waals surface area contributed by atoms with E-state index >= 15 is 0 Å². The van der Waals surface area contributed by atoms with Gasteiger partial charge in [0.2, 0.25) is 0 Å². The lowest BCUT2D eigenvalue weighted by molar-refractivity contribution is -0.138. The molecule has 6 nitrogen and oxygen atoms in total. The van der Waals surface area contributed by atoms with Gasteiger partial charge in [-0.1, -0.05) is 0 Å². The van der Waals surface area contributed by atoms with Crippen molar-refractivity contribution in [3.05, 3.63) is 12.2 Å². The van der Waals surface area contributed by atoms with Crippen LogP contribution in [-0.4, -0.2) is 43.8 Å². The molecule has 0 atom stereocenters. The van der Waals surface area contributed by atoms with Crippen LogP contribution in [0.1, 0.15) is 25.1 Å². The summed E-state index contributed by atoms with van der Waals surface area (Å²) in [5, 5.41) is 12.8. The van der Waals surface area contributed by atoms with Gasteiger partial charge in [-0.15, -0.1) is 0 Å². The van der Waals surface area contributed by atoms with Gasteiger partial charge in [-0.25, -0.2) is 4.98 Å². The first kappa shape index (κ1) is 12.0. The molecular formula is C11H18N4O2. The fraction of sp³-hybridized carbons (Fsp3) is 0.727. The zero-order valence-corrected chi connectivity index (χ0v) is 10.0. The molecule has 0 radical (unpaired) electrons. The van der Waals surface area contributed by atoms with Crippen molar-refractivity contribution >= 4 is 5.97 Å². The molecule has 1 aliphatic heterocycles. The maximum atomic E-state index is 10.6. The van der Waals surface area contributed by atoms with Gasteiger partial charge in [-0.3, -0.25) is 14.4 Å². The van der Waals surface area contributed by atoms with Crippen LogP contribution >= 0.6 is 0 Å². The van der Waals surface area contributed by atoms with Crippen LogP contribution in [0.25, 0.3) is 0 Å². The topological polar surface area (TPSA) is 71.2 Å². The molecule has 17 heavy (non-hydrogen) atoms. The van der Waals surface area contributed by atoms with Crippen molar-refractivity contribution in [1.82, 2.24) is 19.7 Å². The first-order valence-corrected chi connectivity index (χ1v) is 5.92. The molecule has 6 heteroatoms. The molecule has 0 unspecified atom stereocenters. The van der Waals surface area contributed by atoms with Crippen molar-refractivity contribution in [2.24, 2.45) is 13.0 Å². The van der Waals surface area contributed by atoms with E-state index in [0.717, 1.165) is 38.3 Å². The highest BCUT2D eigenvalue weighted by atomic mass is 16.4. The molecule has 94 valence electrons. The lowest BCUT2D eigenvalue weighted by Crippen LogP contribution is -2.34. The van der Waals surface area contributed by atoms with E-state index in [9.17, 15) is 4.79 Å². The highest BCUT2D eigenvalue weighted by Gasteiger charge is 2.21. The number of aliphatic carboxylic acids is 1. The Morgan fingerprint density at radius 1 is 1.53 bits per heavy atom. The summed E-state index contributed by atoms with van der Waals surface area (Å²) in [4.78, 5) is 17.1. The lowest BCUT2D eigenvalue weighted by Gasteiger charge is -2.30. The molecule has 0 bridgehead atoms. The number of nitrogens with zero attached hydrogens (tertiary/aromatic N) is 4. The summed E-state index contributed by atoms with van der Waals surface area (Å²) in [6.45, 7) is 2.70. The van der Waals surface area contributed by atoms with Gasteiger partial charge in [0.1, 0.15) is 12.2 Å². The third-order valence-corrected chi connectivity index (χ3v) is 3.34. The Hall–Kier alpha value is -1.43. The number of rotatable bonds is 4. The lowest BCUT2D eigenvalue weighted by atomic mass is 9.94. The molecule has 2 rings (SSSR count). The number of aromatic nitrogens is 3. The van der Waals surface area contributed by atoms with Crippen LogP contribution in [0, 0.1) is 5.92 Å². The van der Waals surface area contributed by atoms with Gasteiger partial charge in [0.05, 0.1) is 6.54 Å². The average molecular weight is 238 g/mol. The van der Waals surface area contributed by atoms with E-state index < -0.39 is 5.97 Å². The molecule has 0 aliphatic carbocycles. The number of carboxylic acids is 1. The Morgan fingerprint density at radius 3 is 2.76 bits per heavy atom. The van der Waals surface area contributed by atoms with Gasteiger partial charge in [0, 0.05) is 13.5 Å². The molecule has 0 saturated carbocycles. The summed E-state index contributed by atoms with van der Waals surface area (Å²) >= 11 is 0. The Kier molecular flexibility index (Phi) is 3.73. The second-order valence-electron chi connectivity index (χ2n) is 4.62. The molecule has 1 N–H and O–H groups in total. The Morgan fingerprint density at radius 2 is 2.24 bits per heavy atom. The van der Waals surface area contributed by atoms with Crippen molar-refractivity contribution in [2.45, 2.75) is 25.8 Å². The van der Waals surface area contributed by atoms with E-state index in [1.165, 1.54) is 0 Å². The third-order valence-electron chi connectivity index (χ3n) is 3.34. The number of hydrogen-bond donors (Lipinski definition) is 1. The first-order valence-electron chi connectivity index (χ1n) is 5.92. The summed E-state index contributed by atoms with van der Waals surface area (Å²) in [6.07, 6.45) is 3.79. The fourth-order valence-electron chi connectivity index (χ4n) is 2.26. The Bertz CT molecular complexity index is 383. The maximum absolute atomic E-state index is 10.6. The van der Waals surface area contributed by atoms with Crippen molar-refractivity contribution in [3.8, 4) is 0 Å². The summed E-state index contributed by atoms with van der Waals surface area (Å²) in [5.41, 5.74) is 0. The van der Waals surface area contributed by atoms with Gasteiger partial charge in [0.25, 0.3) is 0 Å². The summed E-state index contributed by atoms with van der Waals surface area (Å²) in [5.74, 6) is 0.613. The van der Waals surface area contributed by atoms with E-state index in [0.29, 0.717) is 12.3 Å². The van der Waals surface area contributed by atoms with Crippen LogP contribution in [0.3, 0.4) is 0 Å². The van der Waals surface area contributed by atoms with Gasteiger partial charge in [-0.05, 0) is 31.8 Å². The number of hydrogen-bond acceptors (Lipinski definition) is 4. The largest absolute Gasteiger partial charge is 0.481 e. The molecule has 1 fully saturated rings. The van der Waals surface area contributed by atoms with Gasteiger partial charge >= 0.3 is 5.97 Å². The third kappa shape index (κ3) is 3.26. The SMILES string of the molecule is Cn1ncnc1CN1CCC(CC(=O)O)CC1. The number of carbonyl (C=O) groups is 1. The number of likely N-dealkylation sites (tertiary alicyclic amines) is 1. The molecular weight excluding hydrogens is 220 g/mol. The van der Waals surface area contributed by atoms with Crippen LogP contribution in [0.4, 0.5) is 0 Å². The van der Waals surface area contributed by atoms with Crippen molar-refractivity contribution < 1.29 is 9.90 Å². The zero-order valence-electron chi connectivity index (χ0n) is 10.0. The quantitative estimate of drug-likeness (QED) is 0.827. The Labute approximate surface area is 100 Å². The smallest absolute Gasteiger partial charge is 0.303 e. The predicted molar refractivity (Wildman–Crippen MR) is 61.3 cm³/mol. The molecule has 0 spiro atoms. The number of aryl methyl sites for hydroxylation is 1. The maximum Gasteiger partial charge on any atom is 0.303 e. The summed E-state index contributed by atoms with van der Waals surface area (Å²) in [6, 6.07) is 0. The Balaban J connectivity index is 1.79. The van der Waals surface area contributed by atoms with Crippen molar-refractivity contribution in [3.63, 3.8) is 0 Å². The molecule has 1 saturated heterocycles. The van der Waals surface area contributed by atoms with Crippen LogP contribution in [0.2, 0.25) is 0 Å². The standard InChI is InChI=1S/C11H18N4O2/c1-14-10(12-8-13-14)7-15-4-2-9(3-5-15)6-11(16)17/h8-9H,2-7H2,1H3,(H,16,17). The second-order valence-corrected chi connectivity index (χ2v) is 4.62. The zero-order chi connectivity index (χ0) is 12.3. The molecule has 1 aromatic heterocycles. The molecule has 0 aromatic carbocycles. The summed E-state index contributed by atoms with van der Waals surface area (Å²) in [7, 11) is 1.89. The number of piperidine rings is 1. The highest BCUT2D eigenvalue weighted by Crippen LogP contribution is 2.21. The molecule has 0 amide bonds. The van der Waals surface area contributed by atoms with Crippen LogP contribution < -0.4 is 0 Å². The van der Waals surface area contributed by atoms with E-state index in [4.69, 9.17) is 5.11 Å². The van der Waals surface area contributed by atoms with E-state index in [1.807, 2.05) is 7.05 Å². The predicted octanol–water partition coefficient (Wildman–Crippen LogP) is 0.502. The highest BCUT2D eigenvalue weighted by molar-refractivity contribution is 5.67. The second kappa shape index (κ2) is 5.27. The summed E-state index contributed by atoms with van der Waals surface area (Å²) < 4.78 is 1.78. The van der Waals surface area contributed by atoms with Crippen molar-refractivity contribution in [1.29, 1.82) is 0 Å².